The zero-order valence-corrected chi connectivity index (χ0v) is 11.1. The van der Waals surface area contributed by atoms with Gasteiger partial charge in [-0.3, -0.25) is 0 Å². The van der Waals surface area contributed by atoms with Crippen molar-refractivity contribution in [3.05, 3.63) is 59.7 Å². The van der Waals surface area contributed by atoms with Crippen molar-refractivity contribution >= 4 is 11.8 Å². The van der Waals surface area contributed by atoms with Crippen LogP contribution in [0.1, 0.15) is 23.6 Å². The first kappa shape index (κ1) is 11.8. The molecule has 1 aliphatic rings. The Morgan fingerprint density at radius 3 is 2.67 bits per heavy atom. The van der Waals surface area contributed by atoms with Crippen LogP contribution in [0.25, 0.3) is 11.1 Å². The fourth-order valence-corrected chi connectivity index (χ4v) is 3.48. The van der Waals surface area contributed by atoms with E-state index in [1.54, 1.807) is 0 Å². The van der Waals surface area contributed by atoms with E-state index in [1.807, 2.05) is 11.8 Å². The van der Waals surface area contributed by atoms with Gasteiger partial charge in [-0.25, -0.2) is 0 Å². The second-order valence-electron chi connectivity index (χ2n) is 4.73. The maximum Gasteiger partial charge on any atom is 0.0306 e. The molecule has 0 amide bonds. The summed E-state index contributed by atoms with van der Waals surface area (Å²) < 4.78 is 0. The van der Waals surface area contributed by atoms with Crippen LogP contribution >= 0.6 is 11.8 Å². The van der Waals surface area contributed by atoms with Gasteiger partial charge in [0.05, 0.1) is 0 Å². The summed E-state index contributed by atoms with van der Waals surface area (Å²) in [6.07, 6.45) is 1.08. The molecule has 2 N–H and O–H groups in total. The van der Waals surface area contributed by atoms with Gasteiger partial charge in [0, 0.05) is 11.8 Å². The molecule has 0 aromatic heterocycles. The highest BCUT2D eigenvalue weighted by Gasteiger charge is 2.15. The summed E-state index contributed by atoms with van der Waals surface area (Å²) in [5.41, 5.74) is 11.6. The summed E-state index contributed by atoms with van der Waals surface area (Å²) in [4.78, 5) is 0. The first-order valence-electron chi connectivity index (χ1n) is 6.36. The molecule has 0 bridgehead atoms. The highest BCUT2D eigenvalue weighted by molar-refractivity contribution is 7.98. The number of fused-ring (bicyclic) bond motifs is 1. The molecule has 2 aromatic rings. The largest absolute Gasteiger partial charge is 0.324 e. The Hall–Kier alpha value is -1.25. The van der Waals surface area contributed by atoms with Gasteiger partial charge in [0.1, 0.15) is 0 Å². The molecular weight excluding hydrogens is 238 g/mol. The molecule has 0 spiro atoms. The lowest BCUT2D eigenvalue weighted by molar-refractivity contribution is 0.706. The second kappa shape index (κ2) is 5.17. The van der Waals surface area contributed by atoms with E-state index in [2.05, 4.69) is 48.5 Å². The molecule has 0 saturated carbocycles. The third kappa shape index (κ3) is 2.31. The maximum absolute atomic E-state index is 6.28. The Labute approximate surface area is 112 Å². The van der Waals surface area contributed by atoms with E-state index in [1.165, 1.54) is 22.3 Å². The average Bonchev–Trinajstić information content (AvgIpc) is 2.62. The van der Waals surface area contributed by atoms with Crippen LogP contribution in [-0.4, -0.2) is 5.75 Å². The molecule has 0 radical (unpaired) electrons. The standard InChI is InChI=1S/C16H17NS/c17-16-8-9-18-11-14-7-6-13(10-15(14)16)12-4-2-1-3-5-12/h1-7,10,16H,8-9,11,17H2/t16-/m0/s1. The number of rotatable bonds is 1. The third-order valence-corrected chi connectivity index (χ3v) is 4.52. The molecule has 92 valence electrons. The van der Waals surface area contributed by atoms with Crippen molar-refractivity contribution < 1.29 is 0 Å². The van der Waals surface area contributed by atoms with Gasteiger partial charge in [-0.15, -0.1) is 0 Å². The van der Waals surface area contributed by atoms with E-state index in [0.717, 1.165) is 17.9 Å². The summed E-state index contributed by atoms with van der Waals surface area (Å²) in [5.74, 6) is 2.26. The summed E-state index contributed by atoms with van der Waals surface area (Å²) in [6, 6.07) is 17.4. The van der Waals surface area contributed by atoms with E-state index < -0.39 is 0 Å². The molecule has 1 aliphatic heterocycles. The zero-order valence-electron chi connectivity index (χ0n) is 10.3. The maximum atomic E-state index is 6.28. The molecule has 3 rings (SSSR count). The molecule has 2 aromatic carbocycles. The first-order valence-corrected chi connectivity index (χ1v) is 7.51. The Bertz CT molecular complexity index is 536. The first-order chi connectivity index (χ1) is 8.84. The van der Waals surface area contributed by atoms with E-state index in [0.29, 0.717) is 0 Å². The van der Waals surface area contributed by atoms with Crippen molar-refractivity contribution in [3.63, 3.8) is 0 Å². The van der Waals surface area contributed by atoms with Crippen LogP contribution in [0, 0.1) is 0 Å². The van der Waals surface area contributed by atoms with Crippen LogP contribution < -0.4 is 5.73 Å². The van der Waals surface area contributed by atoms with Gasteiger partial charge in [0.2, 0.25) is 0 Å². The van der Waals surface area contributed by atoms with Crippen molar-refractivity contribution in [3.8, 4) is 11.1 Å². The molecule has 0 fully saturated rings. The second-order valence-corrected chi connectivity index (χ2v) is 5.83. The topological polar surface area (TPSA) is 26.0 Å². The fraction of sp³-hybridized carbons (Fsp3) is 0.250. The zero-order chi connectivity index (χ0) is 12.4. The molecule has 1 atom stereocenters. The number of hydrogen-bond acceptors (Lipinski definition) is 2. The number of hydrogen-bond donors (Lipinski definition) is 1. The van der Waals surface area contributed by atoms with Gasteiger partial charge in [-0.05, 0) is 40.5 Å². The monoisotopic (exact) mass is 255 g/mol. The van der Waals surface area contributed by atoms with E-state index in [4.69, 9.17) is 5.73 Å². The minimum atomic E-state index is 0.193. The number of thioether (sulfide) groups is 1. The van der Waals surface area contributed by atoms with Crippen LogP contribution in [0.2, 0.25) is 0 Å². The van der Waals surface area contributed by atoms with Gasteiger partial charge >= 0.3 is 0 Å². The van der Waals surface area contributed by atoms with Crippen LogP contribution in [-0.2, 0) is 5.75 Å². The van der Waals surface area contributed by atoms with E-state index in [9.17, 15) is 0 Å². The van der Waals surface area contributed by atoms with Crippen LogP contribution in [0.3, 0.4) is 0 Å². The molecule has 0 aliphatic carbocycles. The van der Waals surface area contributed by atoms with Gasteiger partial charge in [-0.1, -0.05) is 42.5 Å². The van der Waals surface area contributed by atoms with E-state index >= 15 is 0 Å². The minimum Gasteiger partial charge on any atom is -0.324 e. The van der Waals surface area contributed by atoms with Crippen molar-refractivity contribution in [2.24, 2.45) is 5.73 Å². The summed E-state index contributed by atoms with van der Waals surface area (Å²) in [6.45, 7) is 0. The van der Waals surface area contributed by atoms with Crippen molar-refractivity contribution in [1.29, 1.82) is 0 Å². The molecule has 2 heteroatoms. The Balaban J connectivity index is 2.04. The SMILES string of the molecule is N[C@H]1CCSCc2ccc(-c3ccccc3)cc21. The van der Waals surface area contributed by atoms with Gasteiger partial charge in [0.15, 0.2) is 0 Å². The van der Waals surface area contributed by atoms with Crippen molar-refractivity contribution in [1.82, 2.24) is 0 Å². The molecule has 1 nitrogen and oxygen atoms in total. The van der Waals surface area contributed by atoms with Crippen LogP contribution in [0.15, 0.2) is 48.5 Å². The predicted octanol–water partition coefficient (Wildman–Crippen LogP) is 3.99. The van der Waals surface area contributed by atoms with E-state index in [-0.39, 0.29) is 6.04 Å². The Morgan fingerprint density at radius 1 is 1.00 bits per heavy atom. The van der Waals surface area contributed by atoms with Gasteiger partial charge < -0.3 is 5.73 Å². The highest BCUT2D eigenvalue weighted by atomic mass is 32.2. The fourth-order valence-electron chi connectivity index (χ4n) is 2.43. The van der Waals surface area contributed by atoms with Crippen molar-refractivity contribution in [2.75, 3.05) is 5.75 Å². The third-order valence-electron chi connectivity index (χ3n) is 3.48. The van der Waals surface area contributed by atoms with Crippen LogP contribution in [0.4, 0.5) is 0 Å². The predicted molar refractivity (Wildman–Crippen MR) is 79.6 cm³/mol. The normalized spacial score (nSPS) is 19.1. The molecular formula is C16H17NS. The summed E-state index contributed by atoms with van der Waals surface area (Å²) in [7, 11) is 0. The summed E-state index contributed by atoms with van der Waals surface area (Å²) >= 11 is 1.98. The molecule has 1 heterocycles. The highest BCUT2D eigenvalue weighted by Crippen LogP contribution is 2.32. The Morgan fingerprint density at radius 2 is 1.83 bits per heavy atom. The lowest BCUT2D eigenvalue weighted by Crippen LogP contribution is -2.11. The Kier molecular flexibility index (Phi) is 3.39. The average molecular weight is 255 g/mol. The summed E-state index contributed by atoms with van der Waals surface area (Å²) in [5, 5.41) is 0. The quantitative estimate of drug-likeness (QED) is 0.833. The smallest absolute Gasteiger partial charge is 0.0306 e. The lowest BCUT2D eigenvalue weighted by atomic mass is 9.95. The number of benzene rings is 2. The lowest BCUT2D eigenvalue weighted by Gasteiger charge is -2.14. The number of nitrogens with two attached hydrogens (primary N) is 1. The molecule has 18 heavy (non-hydrogen) atoms. The van der Waals surface area contributed by atoms with Crippen molar-refractivity contribution in [2.45, 2.75) is 18.2 Å². The van der Waals surface area contributed by atoms with Gasteiger partial charge in [0.25, 0.3) is 0 Å². The van der Waals surface area contributed by atoms with Gasteiger partial charge in [-0.2, -0.15) is 11.8 Å². The van der Waals surface area contributed by atoms with Crippen LogP contribution in [0.5, 0.6) is 0 Å². The molecule has 0 unspecified atom stereocenters. The minimum absolute atomic E-state index is 0.193. The molecule has 0 saturated heterocycles.